The van der Waals surface area contributed by atoms with Gasteiger partial charge < -0.3 is 20.3 Å². The maximum atomic E-state index is 12.0. The second-order valence-corrected chi connectivity index (χ2v) is 9.92. The van der Waals surface area contributed by atoms with Crippen molar-refractivity contribution in [2.45, 2.75) is 23.6 Å². The van der Waals surface area contributed by atoms with Crippen molar-refractivity contribution >= 4 is 65.6 Å². The molecule has 0 bridgehead atoms. The van der Waals surface area contributed by atoms with E-state index in [1.807, 2.05) is 0 Å². The molecule has 0 saturated heterocycles. The molecule has 0 aromatic heterocycles. The standard InChI is InChI=1S/C20H18N4O9S2.2Na/c1-10(25)21-13-4-3-12-7-18(35(31,32)33)19(20(27)15(12)8-13)24-23-16-9-14(22-11(2)26)5-6-17(16)34(28,29)30;;/h3-9,27H,1-2H3,(H,21,25)(H,22,26)(H,28,29,30)(H,31,32,33);;/q;2*+1/p-1. The molecule has 0 unspecified atom stereocenters. The average Bonchev–Trinajstić information content (AvgIpc) is 2.71. The largest absolute Gasteiger partial charge is 1.00 e. The SMILES string of the molecule is CC(=O)Nc1ccc(S(=O)(=O)[O-])c(N=Nc2c(S(=O)(=O)O)cc3ccc(NC(C)=O)cc3c2O)c1.[Na+].[Na+]. The van der Waals surface area contributed by atoms with E-state index in [0.717, 1.165) is 24.3 Å². The Morgan fingerprint density at radius 3 is 1.89 bits per heavy atom. The van der Waals surface area contributed by atoms with Crippen LogP contribution in [0.5, 0.6) is 5.75 Å². The zero-order chi connectivity index (χ0) is 26.1. The van der Waals surface area contributed by atoms with E-state index in [4.69, 9.17) is 0 Å². The van der Waals surface area contributed by atoms with Gasteiger partial charge in [-0.05, 0) is 41.8 Å². The first-order chi connectivity index (χ1) is 16.2. The van der Waals surface area contributed by atoms with Crippen molar-refractivity contribution in [1.29, 1.82) is 0 Å². The smallest absolute Gasteiger partial charge is 0.744 e. The van der Waals surface area contributed by atoms with Crippen LogP contribution in [0.25, 0.3) is 10.8 Å². The number of nitrogens with zero attached hydrogens (tertiary/aromatic N) is 2. The summed E-state index contributed by atoms with van der Waals surface area (Å²) in [5.41, 5.74) is -1.03. The van der Waals surface area contributed by atoms with E-state index in [9.17, 15) is 40.6 Å². The molecule has 0 radical (unpaired) electrons. The van der Waals surface area contributed by atoms with E-state index >= 15 is 0 Å². The van der Waals surface area contributed by atoms with Gasteiger partial charge in [0, 0.05) is 30.6 Å². The number of hydrogen-bond acceptors (Lipinski definition) is 10. The summed E-state index contributed by atoms with van der Waals surface area (Å²) in [4.78, 5) is 20.9. The fraction of sp³-hybridized carbons (Fsp3) is 0.100. The number of phenols is 1. The fourth-order valence-electron chi connectivity index (χ4n) is 3.11. The summed E-state index contributed by atoms with van der Waals surface area (Å²) in [5, 5.41) is 23.0. The summed E-state index contributed by atoms with van der Waals surface area (Å²) >= 11 is 0. The van der Waals surface area contributed by atoms with E-state index in [-0.39, 0.29) is 81.3 Å². The first-order valence-corrected chi connectivity index (χ1v) is 12.4. The predicted octanol–water partition coefficient (Wildman–Crippen LogP) is -2.96. The van der Waals surface area contributed by atoms with Crippen molar-refractivity contribution in [3.05, 3.63) is 42.5 Å². The number of nitrogens with one attached hydrogen (secondary N) is 2. The summed E-state index contributed by atoms with van der Waals surface area (Å²) in [6.07, 6.45) is 0. The number of fused-ring (bicyclic) bond motifs is 1. The van der Waals surface area contributed by atoms with Gasteiger partial charge in [-0.1, -0.05) is 6.07 Å². The quantitative estimate of drug-likeness (QED) is 0.136. The number of azo groups is 1. The molecule has 4 N–H and O–H groups in total. The zero-order valence-corrected chi connectivity index (χ0v) is 25.6. The van der Waals surface area contributed by atoms with Gasteiger partial charge in [-0.15, -0.1) is 10.2 Å². The zero-order valence-electron chi connectivity index (χ0n) is 20.0. The van der Waals surface area contributed by atoms with E-state index in [2.05, 4.69) is 20.9 Å². The van der Waals surface area contributed by atoms with Crippen LogP contribution in [0.3, 0.4) is 0 Å². The second-order valence-electron chi connectivity index (χ2n) is 7.18. The van der Waals surface area contributed by atoms with Gasteiger partial charge in [-0.2, -0.15) is 8.42 Å². The predicted molar refractivity (Wildman–Crippen MR) is 123 cm³/mol. The molecule has 0 aliphatic heterocycles. The molecular weight excluding hydrogens is 550 g/mol. The molecular formula is C20H17N4Na2O9S2+. The molecule has 0 aliphatic carbocycles. The Balaban J connectivity index is 0.00000342. The first kappa shape index (κ1) is 33.1. The van der Waals surface area contributed by atoms with Gasteiger partial charge in [-0.25, -0.2) is 8.42 Å². The number of anilines is 2. The van der Waals surface area contributed by atoms with E-state index in [1.165, 1.54) is 32.0 Å². The Kier molecular flexibility index (Phi) is 11.4. The third-order valence-electron chi connectivity index (χ3n) is 4.46. The average molecular weight is 567 g/mol. The van der Waals surface area contributed by atoms with Crippen molar-refractivity contribution in [3.63, 3.8) is 0 Å². The Morgan fingerprint density at radius 2 is 1.38 bits per heavy atom. The van der Waals surface area contributed by atoms with E-state index in [1.54, 1.807) is 0 Å². The molecule has 3 aromatic carbocycles. The van der Waals surface area contributed by atoms with Gasteiger partial charge in [-0.3, -0.25) is 14.1 Å². The van der Waals surface area contributed by atoms with Crippen LogP contribution in [0, 0.1) is 0 Å². The minimum atomic E-state index is -5.07. The molecule has 2 amide bonds. The third kappa shape index (κ3) is 8.28. The van der Waals surface area contributed by atoms with Gasteiger partial charge in [0.1, 0.15) is 26.4 Å². The van der Waals surface area contributed by atoms with Gasteiger partial charge in [0.15, 0.2) is 5.75 Å². The van der Waals surface area contributed by atoms with Crippen LogP contribution in [0.2, 0.25) is 0 Å². The Morgan fingerprint density at radius 1 is 0.838 bits per heavy atom. The summed E-state index contributed by atoms with van der Waals surface area (Å²) in [7, 11) is -10.0. The van der Waals surface area contributed by atoms with Crippen molar-refractivity contribution < 1.29 is 99.8 Å². The summed E-state index contributed by atoms with van der Waals surface area (Å²) in [6.45, 7) is 2.43. The molecule has 37 heavy (non-hydrogen) atoms. The normalized spacial score (nSPS) is 11.5. The molecule has 3 rings (SSSR count). The number of benzene rings is 3. The van der Waals surface area contributed by atoms with Crippen LogP contribution in [-0.4, -0.2) is 42.9 Å². The van der Waals surface area contributed by atoms with Gasteiger partial charge in [0.05, 0.1) is 4.90 Å². The Labute approximate surface area is 255 Å². The van der Waals surface area contributed by atoms with Crippen molar-refractivity contribution in [1.82, 2.24) is 0 Å². The Bertz CT molecular complexity index is 1630. The molecule has 0 fully saturated rings. The molecule has 0 spiro atoms. The number of carbonyl (C=O) groups excluding carboxylic acids is 2. The number of carbonyl (C=O) groups is 2. The van der Waals surface area contributed by atoms with Gasteiger partial charge >= 0.3 is 59.1 Å². The van der Waals surface area contributed by atoms with E-state index < -0.39 is 59.0 Å². The third-order valence-corrected chi connectivity index (χ3v) is 6.21. The maximum absolute atomic E-state index is 12.0. The van der Waals surface area contributed by atoms with Crippen molar-refractivity contribution in [3.8, 4) is 5.75 Å². The number of rotatable bonds is 6. The summed E-state index contributed by atoms with van der Waals surface area (Å²) < 4.78 is 68.5. The molecule has 0 aliphatic rings. The fourth-order valence-corrected chi connectivity index (χ4v) is 4.36. The van der Waals surface area contributed by atoms with Crippen LogP contribution >= 0.6 is 0 Å². The first-order valence-electron chi connectivity index (χ1n) is 9.51. The second kappa shape index (κ2) is 12.8. The molecule has 184 valence electrons. The molecule has 3 aromatic rings. The number of aromatic hydroxyl groups is 1. The van der Waals surface area contributed by atoms with Crippen LogP contribution in [0.1, 0.15) is 13.8 Å². The van der Waals surface area contributed by atoms with Crippen LogP contribution < -0.4 is 69.7 Å². The van der Waals surface area contributed by atoms with Crippen LogP contribution in [0.15, 0.2) is 62.5 Å². The monoisotopic (exact) mass is 567 g/mol. The topological polar surface area (TPSA) is 215 Å². The number of phenolic OH excluding ortho intramolecular Hbond substituents is 1. The molecule has 0 atom stereocenters. The maximum Gasteiger partial charge on any atom is 1.00 e. The Hall–Kier alpha value is -1.92. The summed E-state index contributed by atoms with van der Waals surface area (Å²) in [5.74, 6) is -1.69. The van der Waals surface area contributed by atoms with Crippen LogP contribution in [-0.2, 0) is 29.8 Å². The minimum Gasteiger partial charge on any atom is -0.744 e. The number of hydrogen-bond donors (Lipinski definition) is 4. The number of amides is 2. The van der Waals surface area contributed by atoms with Crippen molar-refractivity contribution in [2.24, 2.45) is 10.2 Å². The summed E-state index contributed by atoms with van der Waals surface area (Å²) in [6, 6.07) is 8.08. The minimum absolute atomic E-state index is 0. The molecule has 0 heterocycles. The molecule has 17 heteroatoms. The molecule has 0 saturated carbocycles. The van der Waals surface area contributed by atoms with Crippen LogP contribution in [0.4, 0.5) is 22.7 Å². The van der Waals surface area contributed by atoms with E-state index in [0.29, 0.717) is 0 Å². The van der Waals surface area contributed by atoms with Crippen molar-refractivity contribution in [2.75, 3.05) is 10.6 Å². The van der Waals surface area contributed by atoms with Gasteiger partial charge in [0.2, 0.25) is 11.8 Å². The van der Waals surface area contributed by atoms with Gasteiger partial charge in [0.25, 0.3) is 10.1 Å². The molecule has 13 nitrogen and oxygen atoms in total.